The van der Waals surface area contributed by atoms with Crippen molar-refractivity contribution in [3.8, 4) is 23.0 Å². The van der Waals surface area contributed by atoms with Crippen LogP contribution >= 0.6 is 0 Å². The summed E-state index contributed by atoms with van der Waals surface area (Å²) in [6.07, 6.45) is 2.63. The Balaban J connectivity index is 1.88. The van der Waals surface area contributed by atoms with Crippen LogP contribution in [-0.2, 0) is 6.42 Å². The van der Waals surface area contributed by atoms with Crippen LogP contribution in [0.25, 0.3) is 6.08 Å². The van der Waals surface area contributed by atoms with Crippen molar-refractivity contribution in [1.29, 1.82) is 0 Å². The number of aliphatic hydroxyl groups excluding tert-OH is 1. The number of rotatable bonds is 5. The topological polar surface area (TPSA) is 85.2 Å². The molecule has 1 atom stereocenters. The van der Waals surface area contributed by atoms with Gasteiger partial charge in [0.1, 0.15) is 28.6 Å². The van der Waals surface area contributed by atoms with Gasteiger partial charge < -0.3 is 24.4 Å². The summed E-state index contributed by atoms with van der Waals surface area (Å²) >= 11 is 0. The van der Waals surface area contributed by atoms with Crippen LogP contribution in [0.15, 0.2) is 36.4 Å². The summed E-state index contributed by atoms with van der Waals surface area (Å²) in [6, 6.07) is 8.27. The zero-order valence-corrected chi connectivity index (χ0v) is 16.4. The van der Waals surface area contributed by atoms with E-state index >= 15 is 0 Å². The maximum atomic E-state index is 12.6. The minimum Gasteiger partial charge on any atom is -0.507 e. The number of ketones is 1. The predicted octanol–water partition coefficient (Wildman–Crippen LogP) is 3.38. The van der Waals surface area contributed by atoms with Crippen molar-refractivity contribution >= 4 is 11.9 Å². The lowest BCUT2D eigenvalue weighted by atomic mass is 9.89. The second kappa shape index (κ2) is 7.56. The first-order valence-corrected chi connectivity index (χ1v) is 8.92. The molecule has 6 nitrogen and oxygen atoms in total. The first kappa shape index (κ1) is 19.8. The molecule has 0 fully saturated rings. The number of carbonyl (C=O) groups is 1. The molecule has 2 aromatic carbocycles. The van der Waals surface area contributed by atoms with Gasteiger partial charge in [-0.3, -0.25) is 4.79 Å². The van der Waals surface area contributed by atoms with Crippen LogP contribution < -0.4 is 14.2 Å². The lowest BCUT2D eigenvalue weighted by Crippen LogP contribution is -2.46. The standard InChI is InChI=1S/C22H24O6/c1-22(2)21(25)10-14-9-16(18(24)12-20(14)28-22)17(23)8-6-13-5-7-15(26-3)11-19(13)27-4/h5-9,11-12,21,24-25H,10H2,1-4H3/b8-6+. The Bertz CT molecular complexity index is 929. The van der Waals surface area contributed by atoms with Crippen LogP contribution in [0.4, 0.5) is 0 Å². The molecule has 0 saturated heterocycles. The van der Waals surface area contributed by atoms with Gasteiger partial charge in [0, 0.05) is 24.1 Å². The highest BCUT2D eigenvalue weighted by molar-refractivity contribution is 6.09. The Morgan fingerprint density at radius 1 is 1.21 bits per heavy atom. The summed E-state index contributed by atoms with van der Waals surface area (Å²) in [6.45, 7) is 3.56. The van der Waals surface area contributed by atoms with Crippen molar-refractivity contribution in [3.63, 3.8) is 0 Å². The summed E-state index contributed by atoms with van der Waals surface area (Å²) in [5.74, 6) is 1.16. The molecule has 0 aromatic heterocycles. The number of hydrogen-bond donors (Lipinski definition) is 2. The van der Waals surface area contributed by atoms with Gasteiger partial charge in [0.2, 0.25) is 0 Å². The summed E-state index contributed by atoms with van der Waals surface area (Å²) in [5, 5.41) is 20.5. The predicted molar refractivity (Wildman–Crippen MR) is 105 cm³/mol. The Morgan fingerprint density at radius 2 is 1.96 bits per heavy atom. The van der Waals surface area contributed by atoms with E-state index in [9.17, 15) is 15.0 Å². The number of hydrogen-bond acceptors (Lipinski definition) is 6. The molecule has 2 aromatic rings. The molecule has 1 heterocycles. The summed E-state index contributed by atoms with van der Waals surface area (Å²) in [5.41, 5.74) is 0.784. The van der Waals surface area contributed by atoms with E-state index in [0.29, 0.717) is 34.8 Å². The van der Waals surface area contributed by atoms with Gasteiger partial charge in [-0.2, -0.15) is 0 Å². The fourth-order valence-electron chi connectivity index (χ4n) is 3.08. The van der Waals surface area contributed by atoms with Gasteiger partial charge in [0.05, 0.1) is 25.9 Å². The van der Waals surface area contributed by atoms with E-state index < -0.39 is 11.7 Å². The number of ether oxygens (including phenoxy) is 3. The molecule has 148 valence electrons. The lowest BCUT2D eigenvalue weighted by molar-refractivity contribution is -0.0412. The second-order valence-corrected chi connectivity index (χ2v) is 7.21. The maximum Gasteiger partial charge on any atom is 0.189 e. The lowest BCUT2D eigenvalue weighted by Gasteiger charge is -2.37. The number of aromatic hydroxyl groups is 1. The molecule has 0 saturated carbocycles. The molecule has 6 heteroatoms. The van der Waals surface area contributed by atoms with E-state index in [-0.39, 0.29) is 17.1 Å². The largest absolute Gasteiger partial charge is 0.507 e. The minimum absolute atomic E-state index is 0.151. The number of allylic oxidation sites excluding steroid dienone is 1. The summed E-state index contributed by atoms with van der Waals surface area (Å²) in [7, 11) is 3.10. The minimum atomic E-state index is -0.754. The number of benzene rings is 2. The van der Waals surface area contributed by atoms with E-state index in [0.717, 1.165) is 0 Å². The zero-order chi connectivity index (χ0) is 20.5. The van der Waals surface area contributed by atoms with E-state index in [1.807, 2.05) is 0 Å². The van der Waals surface area contributed by atoms with Crippen molar-refractivity contribution < 1.29 is 29.2 Å². The number of methoxy groups -OCH3 is 2. The number of phenolic OH excluding ortho intramolecular Hbond substituents is 1. The highest BCUT2D eigenvalue weighted by Gasteiger charge is 2.36. The molecule has 2 N–H and O–H groups in total. The maximum absolute atomic E-state index is 12.6. The van der Waals surface area contributed by atoms with E-state index in [1.54, 1.807) is 51.3 Å². The number of carbonyl (C=O) groups excluding carboxylic acids is 1. The SMILES string of the molecule is COc1ccc(/C=C/C(=O)c2cc3c(cc2O)OC(C)(C)C(O)C3)c(OC)c1. The van der Waals surface area contributed by atoms with Gasteiger partial charge in [0.15, 0.2) is 5.78 Å². The van der Waals surface area contributed by atoms with Gasteiger partial charge >= 0.3 is 0 Å². The van der Waals surface area contributed by atoms with E-state index in [1.165, 1.54) is 19.3 Å². The fraction of sp³-hybridized carbons (Fsp3) is 0.318. The van der Waals surface area contributed by atoms with Gasteiger partial charge in [-0.25, -0.2) is 0 Å². The Kier molecular flexibility index (Phi) is 5.34. The average molecular weight is 384 g/mol. The molecule has 0 radical (unpaired) electrons. The quantitative estimate of drug-likeness (QED) is 0.607. The molecule has 0 spiro atoms. The Hall–Kier alpha value is -2.99. The molecule has 0 amide bonds. The van der Waals surface area contributed by atoms with Crippen molar-refractivity contribution in [2.45, 2.75) is 32.0 Å². The van der Waals surface area contributed by atoms with E-state index in [4.69, 9.17) is 14.2 Å². The first-order valence-electron chi connectivity index (χ1n) is 8.92. The second-order valence-electron chi connectivity index (χ2n) is 7.21. The van der Waals surface area contributed by atoms with Gasteiger partial charge in [-0.05, 0) is 49.8 Å². The van der Waals surface area contributed by atoms with Gasteiger partial charge in [-0.15, -0.1) is 0 Å². The van der Waals surface area contributed by atoms with Gasteiger partial charge in [-0.1, -0.05) is 0 Å². The van der Waals surface area contributed by atoms with Crippen LogP contribution in [0, 0.1) is 0 Å². The molecule has 3 rings (SSSR count). The molecule has 0 aliphatic carbocycles. The Morgan fingerprint density at radius 3 is 2.64 bits per heavy atom. The summed E-state index contributed by atoms with van der Waals surface area (Å²) < 4.78 is 16.2. The third-order valence-electron chi connectivity index (χ3n) is 4.89. The molecule has 1 aliphatic rings. The van der Waals surface area contributed by atoms with Crippen LogP contribution in [0.3, 0.4) is 0 Å². The van der Waals surface area contributed by atoms with Crippen molar-refractivity contribution in [2.24, 2.45) is 0 Å². The van der Waals surface area contributed by atoms with Crippen molar-refractivity contribution in [1.82, 2.24) is 0 Å². The fourth-order valence-corrected chi connectivity index (χ4v) is 3.08. The van der Waals surface area contributed by atoms with Crippen LogP contribution in [0.5, 0.6) is 23.0 Å². The zero-order valence-electron chi connectivity index (χ0n) is 16.4. The molecule has 28 heavy (non-hydrogen) atoms. The van der Waals surface area contributed by atoms with Crippen molar-refractivity contribution in [2.75, 3.05) is 14.2 Å². The molecule has 1 aliphatic heterocycles. The number of fused-ring (bicyclic) bond motifs is 1. The number of phenols is 1. The Labute approximate surface area is 164 Å². The molecule has 1 unspecified atom stereocenters. The highest BCUT2D eigenvalue weighted by atomic mass is 16.5. The first-order chi connectivity index (χ1) is 13.2. The molecular formula is C22H24O6. The number of aliphatic hydroxyl groups is 1. The normalized spacial score (nSPS) is 17.7. The highest BCUT2D eigenvalue weighted by Crippen LogP contribution is 2.37. The smallest absolute Gasteiger partial charge is 0.189 e. The third-order valence-corrected chi connectivity index (χ3v) is 4.89. The summed E-state index contributed by atoms with van der Waals surface area (Å²) in [4.78, 5) is 12.6. The average Bonchev–Trinajstić information content (AvgIpc) is 2.66. The van der Waals surface area contributed by atoms with Crippen molar-refractivity contribution in [3.05, 3.63) is 53.1 Å². The monoisotopic (exact) mass is 384 g/mol. The van der Waals surface area contributed by atoms with Gasteiger partial charge in [0.25, 0.3) is 0 Å². The van der Waals surface area contributed by atoms with Crippen LogP contribution in [0.2, 0.25) is 0 Å². The van der Waals surface area contributed by atoms with Crippen LogP contribution in [0.1, 0.15) is 35.3 Å². The third kappa shape index (κ3) is 3.82. The molecular weight excluding hydrogens is 360 g/mol. The van der Waals surface area contributed by atoms with Crippen LogP contribution in [-0.4, -0.2) is 41.9 Å². The van der Waals surface area contributed by atoms with E-state index in [2.05, 4.69) is 0 Å². The molecule has 0 bridgehead atoms.